The first-order valence-corrected chi connectivity index (χ1v) is 21.8. The zero-order valence-electron chi connectivity index (χ0n) is 33.6. The largest absolute Gasteiger partial charge is 0.489 e. The predicted octanol–water partition coefficient (Wildman–Crippen LogP) is 13.2. The number of hydrogen-bond acceptors (Lipinski definition) is 4. The number of aromatic nitrogens is 3. The van der Waals surface area contributed by atoms with Gasteiger partial charge in [-0.1, -0.05) is 170 Å². The zero-order valence-corrected chi connectivity index (χ0v) is 33.6. The summed E-state index contributed by atoms with van der Waals surface area (Å²) in [4.78, 5) is 16.1. The van der Waals surface area contributed by atoms with Gasteiger partial charge in [-0.05, 0) is 88.3 Å². The van der Waals surface area contributed by atoms with E-state index in [4.69, 9.17) is 19.7 Å². The first-order valence-electron chi connectivity index (χ1n) is 21.8. The van der Waals surface area contributed by atoms with E-state index in [9.17, 15) is 0 Å². The Kier molecular flexibility index (Phi) is 8.40. The molecule has 6 aliphatic carbocycles. The molecule has 290 valence electrons. The third kappa shape index (κ3) is 5.39. The molecule has 12 rings (SSSR count). The molecule has 7 aliphatic rings. The molecule has 4 heteroatoms. The molecule has 5 aromatic rings. The highest BCUT2D eigenvalue weighted by molar-refractivity contribution is 5.98. The zero-order chi connectivity index (χ0) is 39.6. The summed E-state index contributed by atoms with van der Waals surface area (Å²) in [5.74, 6) is 3.65. The molecule has 0 saturated heterocycles. The lowest BCUT2D eigenvalue weighted by Crippen LogP contribution is -2.43. The van der Waals surface area contributed by atoms with Crippen molar-refractivity contribution < 1.29 is 4.74 Å². The van der Waals surface area contributed by atoms with E-state index >= 15 is 0 Å². The average molecular weight is 776 g/mol. The van der Waals surface area contributed by atoms with Gasteiger partial charge in [-0.15, -0.1) is 0 Å². The van der Waals surface area contributed by atoms with Gasteiger partial charge in [-0.2, -0.15) is 0 Å². The molecule has 0 radical (unpaired) electrons. The Balaban J connectivity index is 1.06. The summed E-state index contributed by atoms with van der Waals surface area (Å²) in [6.45, 7) is 0. The minimum atomic E-state index is -0.436. The van der Waals surface area contributed by atoms with Gasteiger partial charge < -0.3 is 4.74 Å². The standard InChI is InChI=1S/C56H45N3O/c1-3-18-36(19-4-1)38-34-35-46(40-23-8-7-22-39(38)40)55-58-53(37-20-5-2-6-21-37)57-54(59-55)45-27-10-9-24-41(45)44-28-17-32-50-52(44)60-51-33-16-15-31-49(51)56(50)47-29-13-11-25-42(47)43-26-12-14-30-48(43)56/h1,3-5,7-9,11-18,20-26,29-32,34-36,44,51H,2,6,10,19,27-28,33H2. The average Bonchev–Trinajstić information content (AvgIpc) is 3.62. The van der Waals surface area contributed by atoms with Crippen LogP contribution < -0.4 is 0 Å². The number of allylic oxidation sites excluding steroid dienone is 17. The molecule has 3 atom stereocenters. The van der Waals surface area contributed by atoms with Crippen LogP contribution in [0, 0.1) is 5.92 Å². The van der Waals surface area contributed by atoms with Crippen molar-refractivity contribution in [2.75, 3.05) is 0 Å². The molecule has 3 unspecified atom stereocenters. The highest BCUT2D eigenvalue weighted by Gasteiger charge is 2.55. The third-order valence-electron chi connectivity index (χ3n) is 13.7. The molecule has 1 aliphatic heterocycles. The van der Waals surface area contributed by atoms with Gasteiger partial charge in [0.05, 0.1) is 5.41 Å². The van der Waals surface area contributed by atoms with Crippen molar-refractivity contribution in [3.63, 3.8) is 0 Å². The van der Waals surface area contributed by atoms with Gasteiger partial charge in [0.25, 0.3) is 0 Å². The van der Waals surface area contributed by atoms with Crippen LogP contribution in [0.15, 0.2) is 192 Å². The maximum absolute atomic E-state index is 7.34. The Labute approximate surface area is 351 Å². The van der Waals surface area contributed by atoms with Crippen LogP contribution in [0.4, 0.5) is 0 Å². The van der Waals surface area contributed by atoms with Gasteiger partial charge in [0.2, 0.25) is 0 Å². The fourth-order valence-corrected chi connectivity index (χ4v) is 11.1. The molecule has 60 heavy (non-hydrogen) atoms. The number of nitrogens with zero attached hydrogens (tertiary/aromatic N) is 3. The summed E-state index contributed by atoms with van der Waals surface area (Å²) >= 11 is 0. The van der Waals surface area contributed by atoms with Gasteiger partial charge in [0.1, 0.15) is 11.9 Å². The molecular formula is C56H45N3O. The molecule has 0 bridgehead atoms. The number of ether oxygens (including phenoxy) is 1. The van der Waals surface area contributed by atoms with Crippen LogP contribution in [0.3, 0.4) is 0 Å². The van der Waals surface area contributed by atoms with Crippen molar-refractivity contribution in [3.05, 3.63) is 221 Å². The Hall–Kier alpha value is -6.65. The number of benzene rings is 4. The van der Waals surface area contributed by atoms with Crippen LogP contribution in [0.2, 0.25) is 0 Å². The summed E-state index contributed by atoms with van der Waals surface area (Å²) in [7, 11) is 0. The lowest BCUT2D eigenvalue weighted by Gasteiger charge is -2.48. The van der Waals surface area contributed by atoms with Gasteiger partial charge >= 0.3 is 0 Å². The summed E-state index contributed by atoms with van der Waals surface area (Å²) in [5.41, 5.74) is 13.3. The number of hydrogen-bond donors (Lipinski definition) is 0. The second-order valence-electron chi connectivity index (χ2n) is 16.9. The minimum absolute atomic E-state index is 0.0102. The molecule has 2 heterocycles. The van der Waals surface area contributed by atoms with E-state index in [0.717, 1.165) is 79.3 Å². The van der Waals surface area contributed by atoms with Crippen LogP contribution in [0.1, 0.15) is 79.2 Å². The molecule has 1 aromatic heterocycles. The molecule has 1 spiro atoms. The first kappa shape index (κ1) is 35.3. The van der Waals surface area contributed by atoms with Crippen LogP contribution in [0.5, 0.6) is 0 Å². The monoisotopic (exact) mass is 775 g/mol. The smallest absolute Gasteiger partial charge is 0.164 e. The van der Waals surface area contributed by atoms with E-state index in [1.807, 2.05) is 0 Å². The number of fused-ring (bicyclic) bond motifs is 9. The van der Waals surface area contributed by atoms with Gasteiger partial charge in [0, 0.05) is 40.5 Å². The Morgan fingerprint density at radius 3 is 2.17 bits per heavy atom. The topological polar surface area (TPSA) is 47.9 Å². The normalized spacial score (nSPS) is 23.0. The van der Waals surface area contributed by atoms with Gasteiger partial charge in [0.15, 0.2) is 17.5 Å². The molecule has 4 aromatic carbocycles. The molecule has 0 N–H and O–H groups in total. The number of rotatable bonds is 5. The molecule has 0 fully saturated rings. The van der Waals surface area contributed by atoms with Crippen LogP contribution in [0.25, 0.3) is 44.4 Å². The second-order valence-corrected chi connectivity index (χ2v) is 16.9. The maximum atomic E-state index is 7.34. The van der Waals surface area contributed by atoms with Crippen molar-refractivity contribution in [2.45, 2.75) is 62.4 Å². The van der Waals surface area contributed by atoms with E-state index in [0.29, 0.717) is 5.92 Å². The fourth-order valence-electron chi connectivity index (χ4n) is 11.1. The lowest BCUT2D eigenvalue weighted by atomic mass is 9.60. The Morgan fingerprint density at radius 2 is 1.35 bits per heavy atom. The maximum Gasteiger partial charge on any atom is 0.164 e. The van der Waals surface area contributed by atoms with E-state index in [-0.39, 0.29) is 12.0 Å². The van der Waals surface area contributed by atoms with E-state index < -0.39 is 5.41 Å². The molecule has 0 amide bonds. The minimum Gasteiger partial charge on any atom is -0.489 e. The summed E-state index contributed by atoms with van der Waals surface area (Å²) in [5, 5.41) is 2.42. The van der Waals surface area contributed by atoms with Crippen molar-refractivity contribution in [1.29, 1.82) is 0 Å². The highest BCUT2D eigenvalue weighted by atomic mass is 16.5. The van der Waals surface area contributed by atoms with Gasteiger partial charge in [-0.25, -0.2) is 15.0 Å². The summed E-state index contributed by atoms with van der Waals surface area (Å²) in [6.07, 6.45) is 38.3. The van der Waals surface area contributed by atoms with Crippen LogP contribution >= 0.6 is 0 Å². The van der Waals surface area contributed by atoms with E-state index in [1.165, 1.54) is 60.9 Å². The SMILES string of the molecule is C1=CCC2OC3=C(C=CCC3C3=C(c4nc(C5=CCCC=C5)nc(-c5ccc(C6C=CC=CC6)c6ccccc56)n4)CCC=C3)C3(C2=C1)c1ccccc1-c1ccccc13. The Morgan fingerprint density at radius 1 is 0.583 bits per heavy atom. The highest BCUT2D eigenvalue weighted by Crippen LogP contribution is 2.62. The molecular weight excluding hydrogens is 731 g/mol. The molecule has 0 saturated carbocycles. The van der Waals surface area contributed by atoms with Crippen molar-refractivity contribution in [1.82, 2.24) is 15.0 Å². The summed E-state index contributed by atoms with van der Waals surface area (Å²) in [6, 6.07) is 31.4. The third-order valence-corrected chi connectivity index (χ3v) is 13.7. The fraction of sp³-hybridized carbons (Fsp3) is 0.196. The predicted molar refractivity (Wildman–Crippen MR) is 244 cm³/mol. The van der Waals surface area contributed by atoms with E-state index in [2.05, 4.69) is 170 Å². The quantitative estimate of drug-likeness (QED) is 0.178. The Bertz CT molecular complexity index is 2910. The van der Waals surface area contributed by atoms with Crippen LogP contribution in [-0.2, 0) is 10.2 Å². The molecule has 4 nitrogen and oxygen atoms in total. The van der Waals surface area contributed by atoms with Crippen molar-refractivity contribution in [2.24, 2.45) is 5.92 Å². The van der Waals surface area contributed by atoms with Crippen LogP contribution in [-0.4, -0.2) is 21.1 Å². The lowest BCUT2D eigenvalue weighted by molar-refractivity contribution is 0.0984. The first-order chi connectivity index (χ1) is 29.8. The van der Waals surface area contributed by atoms with E-state index in [1.54, 1.807) is 0 Å². The van der Waals surface area contributed by atoms with Gasteiger partial charge in [-0.3, -0.25) is 0 Å². The van der Waals surface area contributed by atoms with Crippen molar-refractivity contribution in [3.8, 4) is 22.5 Å². The summed E-state index contributed by atoms with van der Waals surface area (Å²) < 4.78 is 7.34. The van der Waals surface area contributed by atoms with Crippen molar-refractivity contribution >= 4 is 21.9 Å². The second kappa shape index (κ2) is 14.3.